The van der Waals surface area contributed by atoms with Gasteiger partial charge in [-0.05, 0) is 37.1 Å². The summed E-state index contributed by atoms with van der Waals surface area (Å²) in [6, 6.07) is 4.84. The van der Waals surface area contributed by atoms with Crippen molar-refractivity contribution in [2.45, 2.75) is 37.9 Å². The summed E-state index contributed by atoms with van der Waals surface area (Å²) in [6.07, 6.45) is -2.39. The van der Waals surface area contributed by atoms with Gasteiger partial charge in [-0.1, -0.05) is 0 Å². The number of hydrogen-bond acceptors (Lipinski definition) is 5. The highest BCUT2D eigenvalue weighted by Crippen LogP contribution is 2.35. The van der Waals surface area contributed by atoms with Crippen LogP contribution in [0.2, 0.25) is 0 Å². The predicted octanol–water partition coefficient (Wildman–Crippen LogP) is 3.61. The number of primary amides is 1. The third-order valence-corrected chi connectivity index (χ3v) is 5.08. The van der Waals surface area contributed by atoms with Gasteiger partial charge in [-0.15, -0.1) is 0 Å². The first-order chi connectivity index (χ1) is 14.2. The Labute approximate surface area is 170 Å². The molecule has 1 unspecified atom stereocenters. The number of amides is 1. The zero-order chi connectivity index (χ0) is 21.9. The minimum absolute atomic E-state index is 0.0422. The molecule has 6 nitrogen and oxygen atoms in total. The highest BCUT2D eigenvalue weighted by atomic mass is 19.3. The van der Waals surface area contributed by atoms with Crippen molar-refractivity contribution in [3.05, 3.63) is 47.7 Å². The molecule has 1 amide bonds. The first kappa shape index (κ1) is 21.8. The molecule has 1 aliphatic heterocycles. The molecule has 3 rings (SSSR count). The first-order valence-corrected chi connectivity index (χ1v) is 9.30. The number of alkyl halides is 2. The molecule has 10 heteroatoms. The summed E-state index contributed by atoms with van der Waals surface area (Å²) in [4.78, 5) is 17.2. The number of carbonyl (C=O) groups excluding carboxylic acids is 1. The average Bonchev–Trinajstić information content (AvgIpc) is 2.68. The van der Waals surface area contributed by atoms with Crippen LogP contribution >= 0.6 is 0 Å². The number of anilines is 1. The van der Waals surface area contributed by atoms with Gasteiger partial charge in [0.2, 0.25) is 6.43 Å². The number of halogens is 4. The smallest absolute Gasteiger partial charge is 0.405 e. The van der Waals surface area contributed by atoms with Crippen LogP contribution in [0.25, 0.3) is 11.3 Å². The van der Waals surface area contributed by atoms with E-state index in [4.69, 9.17) is 10.5 Å². The quantitative estimate of drug-likeness (QED) is 0.688. The van der Waals surface area contributed by atoms with E-state index in [9.17, 15) is 27.5 Å². The number of ether oxygens (including phenoxy) is 1. The van der Waals surface area contributed by atoms with E-state index in [-0.39, 0.29) is 13.0 Å². The number of hydrogen-bond donors (Lipinski definition) is 2. The maximum atomic E-state index is 13.5. The van der Waals surface area contributed by atoms with Crippen molar-refractivity contribution in [3.63, 3.8) is 0 Å². The lowest BCUT2D eigenvalue weighted by Gasteiger charge is -2.43. The van der Waals surface area contributed by atoms with Crippen molar-refractivity contribution in [3.8, 4) is 11.3 Å². The Morgan fingerprint density at radius 1 is 1.30 bits per heavy atom. The predicted molar refractivity (Wildman–Crippen MR) is 101 cm³/mol. The number of aliphatic hydroxyl groups excluding tert-OH is 1. The molecule has 3 N–H and O–H groups in total. The number of carbonyl (C=O) groups is 1. The number of pyridine rings is 1. The fourth-order valence-electron chi connectivity index (χ4n) is 3.80. The van der Waals surface area contributed by atoms with Crippen LogP contribution in [0.15, 0.2) is 30.5 Å². The van der Waals surface area contributed by atoms with Crippen molar-refractivity contribution in [1.82, 2.24) is 4.98 Å². The molecule has 1 fully saturated rings. The number of nitrogens with two attached hydrogens (primary N) is 1. The van der Waals surface area contributed by atoms with Gasteiger partial charge in [-0.3, -0.25) is 4.98 Å². The molecule has 1 atom stereocenters. The van der Waals surface area contributed by atoms with E-state index in [0.717, 1.165) is 12.1 Å². The van der Waals surface area contributed by atoms with Crippen LogP contribution in [0.5, 0.6) is 0 Å². The lowest BCUT2D eigenvalue weighted by atomic mass is 9.88. The first-order valence-electron chi connectivity index (χ1n) is 9.30. The summed E-state index contributed by atoms with van der Waals surface area (Å²) >= 11 is 0. The van der Waals surface area contributed by atoms with E-state index in [1.54, 1.807) is 4.90 Å². The standard InChI is InChI=1S/C20H21F4N3O3/c21-14-3-2-12(6-15(14)22)16-7-13(10-28)17(9-26-16)27-5-1-4-20(11-27,8-18(23)24)30-19(25)29/h2-3,6-7,9,18,28H,1,4-5,8,10-11H2,(H2,25,29). The Morgan fingerprint density at radius 3 is 2.70 bits per heavy atom. The minimum Gasteiger partial charge on any atom is -0.441 e. The van der Waals surface area contributed by atoms with Crippen LogP contribution < -0.4 is 10.6 Å². The third kappa shape index (κ3) is 4.81. The van der Waals surface area contributed by atoms with Gasteiger partial charge in [0.1, 0.15) is 5.60 Å². The molecule has 0 bridgehead atoms. The van der Waals surface area contributed by atoms with Gasteiger partial charge in [0.15, 0.2) is 11.6 Å². The molecule has 162 valence electrons. The summed E-state index contributed by atoms with van der Waals surface area (Å²) in [5.74, 6) is -2.02. The molecule has 0 spiro atoms. The van der Waals surface area contributed by atoms with Gasteiger partial charge in [-0.2, -0.15) is 0 Å². The van der Waals surface area contributed by atoms with E-state index in [2.05, 4.69) is 4.98 Å². The van der Waals surface area contributed by atoms with E-state index >= 15 is 0 Å². The highest BCUT2D eigenvalue weighted by molar-refractivity contribution is 5.66. The molecular formula is C20H21F4N3O3. The summed E-state index contributed by atoms with van der Waals surface area (Å²) in [5, 5.41) is 9.83. The van der Waals surface area contributed by atoms with Gasteiger partial charge >= 0.3 is 6.09 Å². The van der Waals surface area contributed by atoms with E-state index in [1.165, 1.54) is 18.3 Å². The van der Waals surface area contributed by atoms with Gasteiger partial charge in [0.05, 0.1) is 37.2 Å². The topological polar surface area (TPSA) is 88.7 Å². The molecular weight excluding hydrogens is 406 g/mol. The normalized spacial score (nSPS) is 19.2. The second-order valence-corrected chi connectivity index (χ2v) is 7.21. The molecule has 0 radical (unpaired) electrons. The van der Waals surface area contributed by atoms with E-state index < -0.39 is 42.8 Å². The molecule has 2 aromatic rings. The van der Waals surface area contributed by atoms with Crippen molar-refractivity contribution in [1.29, 1.82) is 0 Å². The monoisotopic (exact) mass is 427 g/mol. The zero-order valence-corrected chi connectivity index (χ0v) is 16.0. The molecule has 2 heterocycles. The summed E-state index contributed by atoms with van der Waals surface area (Å²) in [7, 11) is 0. The van der Waals surface area contributed by atoms with Crippen LogP contribution in [0.1, 0.15) is 24.8 Å². The Morgan fingerprint density at radius 2 is 2.07 bits per heavy atom. The molecule has 1 aliphatic rings. The van der Waals surface area contributed by atoms with Crippen LogP contribution in [0, 0.1) is 11.6 Å². The molecule has 1 aromatic heterocycles. The highest BCUT2D eigenvalue weighted by Gasteiger charge is 2.41. The van der Waals surface area contributed by atoms with Crippen molar-refractivity contribution in [2.75, 3.05) is 18.0 Å². The zero-order valence-electron chi connectivity index (χ0n) is 16.0. The van der Waals surface area contributed by atoms with Crippen LogP contribution in [-0.2, 0) is 11.3 Å². The van der Waals surface area contributed by atoms with Crippen molar-refractivity contribution >= 4 is 11.8 Å². The van der Waals surface area contributed by atoms with Gasteiger partial charge in [-0.25, -0.2) is 22.4 Å². The summed E-state index contributed by atoms with van der Waals surface area (Å²) < 4.78 is 58.1. The molecule has 1 saturated heterocycles. The Balaban J connectivity index is 1.92. The summed E-state index contributed by atoms with van der Waals surface area (Å²) in [6.45, 7) is 0.0232. The fraction of sp³-hybridized carbons (Fsp3) is 0.400. The average molecular weight is 427 g/mol. The minimum atomic E-state index is -2.70. The van der Waals surface area contributed by atoms with Gasteiger partial charge in [0, 0.05) is 17.7 Å². The van der Waals surface area contributed by atoms with Crippen LogP contribution in [-0.4, -0.2) is 41.3 Å². The number of aromatic nitrogens is 1. The Bertz CT molecular complexity index is 928. The van der Waals surface area contributed by atoms with Crippen molar-refractivity contribution < 1.29 is 32.2 Å². The molecule has 30 heavy (non-hydrogen) atoms. The Kier molecular flexibility index (Phi) is 6.45. The molecule has 0 saturated carbocycles. The lowest BCUT2D eigenvalue weighted by Crippen LogP contribution is -2.52. The Hall–Kier alpha value is -2.88. The summed E-state index contributed by atoms with van der Waals surface area (Å²) in [5.41, 5.74) is 5.15. The second-order valence-electron chi connectivity index (χ2n) is 7.21. The van der Waals surface area contributed by atoms with E-state index in [1.807, 2.05) is 0 Å². The molecule has 0 aliphatic carbocycles. The maximum Gasteiger partial charge on any atom is 0.405 e. The maximum absolute atomic E-state index is 13.5. The third-order valence-electron chi connectivity index (χ3n) is 5.08. The number of rotatable bonds is 6. The largest absolute Gasteiger partial charge is 0.441 e. The number of piperidine rings is 1. The number of aliphatic hydroxyl groups is 1. The van der Waals surface area contributed by atoms with E-state index in [0.29, 0.717) is 35.5 Å². The van der Waals surface area contributed by atoms with Gasteiger partial charge < -0.3 is 20.5 Å². The molecule has 1 aromatic carbocycles. The van der Waals surface area contributed by atoms with Crippen LogP contribution in [0.3, 0.4) is 0 Å². The van der Waals surface area contributed by atoms with Crippen molar-refractivity contribution in [2.24, 2.45) is 5.73 Å². The lowest BCUT2D eigenvalue weighted by molar-refractivity contribution is -0.0394. The fourth-order valence-corrected chi connectivity index (χ4v) is 3.80. The number of nitrogens with zero attached hydrogens (tertiary/aromatic N) is 2. The van der Waals surface area contributed by atoms with Gasteiger partial charge in [0.25, 0.3) is 0 Å². The van der Waals surface area contributed by atoms with Crippen LogP contribution in [0.4, 0.5) is 28.0 Å². The second kappa shape index (κ2) is 8.86. The number of benzene rings is 1. The SMILES string of the molecule is NC(=O)OC1(CC(F)F)CCCN(c2cnc(-c3ccc(F)c(F)c3)cc2CO)C1.